The number of hydrogen-bond acceptors (Lipinski definition) is 12. The van der Waals surface area contributed by atoms with Gasteiger partial charge >= 0.3 is 29.8 Å². The molecular formula is C20H28O12. The lowest BCUT2D eigenvalue weighted by molar-refractivity contribution is -0.311. The summed E-state index contributed by atoms with van der Waals surface area (Å²) < 4.78 is 37.5. The molecule has 2 rings (SSSR count). The lowest BCUT2D eigenvalue weighted by atomic mass is 9.98. The van der Waals surface area contributed by atoms with Crippen LogP contribution in [0.2, 0.25) is 0 Å². The lowest BCUT2D eigenvalue weighted by Gasteiger charge is -2.44. The molecule has 0 amide bonds. The van der Waals surface area contributed by atoms with Gasteiger partial charge in [0.15, 0.2) is 24.6 Å². The number of carbonyl (C=O) groups is 5. The second-order valence-corrected chi connectivity index (χ2v) is 7.34. The van der Waals surface area contributed by atoms with E-state index in [1.54, 1.807) is 6.92 Å². The van der Waals surface area contributed by atoms with Gasteiger partial charge in [0.1, 0.15) is 12.7 Å². The third-order valence-electron chi connectivity index (χ3n) is 4.58. The Morgan fingerprint density at radius 3 is 1.88 bits per heavy atom. The van der Waals surface area contributed by atoms with Gasteiger partial charge in [0.2, 0.25) is 0 Å². The van der Waals surface area contributed by atoms with Gasteiger partial charge in [0.05, 0.1) is 18.6 Å². The second-order valence-electron chi connectivity index (χ2n) is 7.34. The van der Waals surface area contributed by atoms with Gasteiger partial charge in [0.25, 0.3) is 0 Å². The molecule has 0 radical (unpaired) electrons. The largest absolute Gasteiger partial charge is 0.466 e. The average molecular weight is 460 g/mol. The Morgan fingerprint density at radius 1 is 0.781 bits per heavy atom. The molecule has 2 unspecified atom stereocenters. The maximum absolute atomic E-state index is 11.9. The maximum Gasteiger partial charge on any atom is 0.311 e. The van der Waals surface area contributed by atoms with Crippen molar-refractivity contribution in [2.75, 3.05) is 13.2 Å². The molecule has 0 spiro atoms. The maximum atomic E-state index is 11.9. The van der Waals surface area contributed by atoms with Crippen molar-refractivity contribution in [2.45, 2.75) is 77.8 Å². The van der Waals surface area contributed by atoms with Gasteiger partial charge in [-0.2, -0.15) is 0 Å². The van der Waals surface area contributed by atoms with Crippen LogP contribution in [0.4, 0.5) is 0 Å². The molecule has 2 fully saturated rings. The molecule has 1 heterocycles. The summed E-state index contributed by atoms with van der Waals surface area (Å²) in [6.07, 6.45) is -6.55. The topological polar surface area (TPSA) is 150 Å². The quantitative estimate of drug-likeness (QED) is 0.337. The van der Waals surface area contributed by atoms with Gasteiger partial charge in [-0.3, -0.25) is 24.0 Å². The molecule has 12 heteroatoms. The van der Waals surface area contributed by atoms with E-state index in [0.29, 0.717) is 6.42 Å². The fourth-order valence-corrected chi connectivity index (χ4v) is 3.29. The lowest BCUT2D eigenvalue weighted by Crippen LogP contribution is -2.63. The van der Waals surface area contributed by atoms with E-state index in [9.17, 15) is 24.0 Å². The van der Waals surface area contributed by atoms with Crippen molar-refractivity contribution in [3.8, 4) is 0 Å². The van der Waals surface area contributed by atoms with Crippen LogP contribution < -0.4 is 0 Å². The van der Waals surface area contributed by atoms with Crippen molar-refractivity contribution < 1.29 is 57.1 Å². The number of esters is 5. The third kappa shape index (κ3) is 7.16. The normalized spacial score (nSPS) is 31.1. The highest BCUT2D eigenvalue weighted by molar-refractivity contribution is 5.76. The Morgan fingerprint density at radius 2 is 1.34 bits per heavy atom. The second kappa shape index (κ2) is 11.2. The molecule has 12 nitrogen and oxygen atoms in total. The molecular weight excluding hydrogens is 432 g/mol. The minimum Gasteiger partial charge on any atom is -0.466 e. The number of rotatable bonds is 9. The fourth-order valence-electron chi connectivity index (χ4n) is 3.29. The van der Waals surface area contributed by atoms with E-state index in [1.807, 2.05) is 0 Å². The summed E-state index contributed by atoms with van der Waals surface area (Å²) >= 11 is 0. The highest BCUT2D eigenvalue weighted by atomic mass is 16.7. The first kappa shape index (κ1) is 25.5. The van der Waals surface area contributed by atoms with Crippen LogP contribution in [0.25, 0.3) is 0 Å². The van der Waals surface area contributed by atoms with Crippen LogP contribution in [0.5, 0.6) is 0 Å². The highest BCUT2D eigenvalue weighted by Crippen LogP contribution is 2.39. The zero-order valence-corrected chi connectivity index (χ0v) is 18.6. The number of hydrogen-bond donors (Lipinski definition) is 0. The molecule has 1 saturated heterocycles. The summed E-state index contributed by atoms with van der Waals surface area (Å²) in [5.41, 5.74) is 0. The minimum atomic E-state index is -1.32. The third-order valence-corrected chi connectivity index (χ3v) is 4.58. The van der Waals surface area contributed by atoms with Crippen molar-refractivity contribution in [1.29, 1.82) is 0 Å². The van der Waals surface area contributed by atoms with Gasteiger partial charge < -0.3 is 33.2 Å². The Bertz CT molecular complexity index is 734. The average Bonchev–Trinajstić information content (AvgIpc) is 3.43. The number of ether oxygens (including phenoxy) is 7. The van der Waals surface area contributed by atoms with Crippen LogP contribution in [0, 0.1) is 5.92 Å². The van der Waals surface area contributed by atoms with Crippen molar-refractivity contribution >= 4 is 29.8 Å². The Hall–Kier alpha value is -2.73. The first-order chi connectivity index (χ1) is 15.0. The van der Waals surface area contributed by atoms with E-state index >= 15 is 0 Å². The van der Waals surface area contributed by atoms with Crippen molar-refractivity contribution in [3.05, 3.63) is 0 Å². The molecule has 32 heavy (non-hydrogen) atoms. The predicted molar refractivity (Wildman–Crippen MR) is 102 cm³/mol. The van der Waals surface area contributed by atoms with Crippen LogP contribution >= 0.6 is 0 Å². The fraction of sp³-hybridized carbons (Fsp3) is 0.750. The molecule has 0 aromatic carbocycles. The molecule has 0 aromatic rings. The monoisotopic (exact) mass is 460 g/mol. The molecule has 0 bridgehead atoms. The summed E-state index contributed by atoms with van der Waals surface area (Å²) in [6.45, 7) is 6.09. The summed E-state index contributed by atoms with van der Waals surface area (Å²) in [4.78, 5) is 58.4. The zero-order chi connectivity index (χ0) is 24.0. The smallest absolute Gasteiger partial charge is 0.311 e. The van der Waals surface area contributed by atoms with E-state index in [1.165, 1.54) is 6.92 Å². The molecule has 1 saturated carbocycles. The van der Waals surface area contributed by atoms with Crippen LogP contribution in [0.15, 0.2) is 0 Å². The molecule has 180 valence electrons. The summed E-state index contributed by atoms with van der Waals surface area (Å²) in [6, 6.07) is 0. The Balaban J connectivity index is 2.31. The van der Waals surface area contributed by atoms with E-state index < -0.39 is 72.6 Å². The van der Waals surface area contributed by atoms with E-state index in [-0.39, 0.29) is 13.2 Å². The highest BCUT2D eigenvalue weighted by Gasteiger charge is 2.56. The van der Waals surface area contributed by atoms with Crippen LogP contribution in [0.1, 0.15) is 41.0 Å². The summed E-state index contributed by atoms with van der Waals surface area (Å²) in [5.74, 6) is -3.79. The molecule has 1 aliphatic heterocycles. The van der Waals surface area contributed by atoms with Crippen LogP contribution in [0.3, 0.4) is 0 Å². The van der Waals surface area contributed by atoms with Crippen LogP contribution in [-0.4, -0.2) is 79.9 Å². The van der Waals surface area contributed by atoms with Gasteiger partial charge in [-0.25, -0.2) is 0 Å². The van der Waals surface area contributed by atoms with E-state index in [4.69, 9.17) is 33.2 Å². The van der Waals surface area contributed by atoms with Crippen molar-refractivity contribution in [1.82, 2.24) is 0 Å². The molecule has 1 aliphatic carbocycles. The van der Waals surface area contributed by atoms with E-state index in [0.717, 1.165) is 20.8 Å². The standard InChI is InChI=1S/C20H28O12/c1-6-26-19(25)13-7-14(13)31-20-18(30-12(5)24)17(29-11(4)23)16(28-10(3)22)15(32-20)8-27-9(2)21/h13-18,20H,6-8H2,1-5H3/t13?,14?,15-,16+,17+,18-,20-/m1/s1. The first-order valence-corrected chi connectivity index (χ1v) is 10.2. The van der Waals surface area contributed by atoms with Gasteiger partial charge in [-0.15, -0.1) is 0 Å². The van der Waals surface area contributed by atoms with Crippen molar-refractivity contribution in [3.63, 3.8) is 0 Å². The molecule has 0 N–H and O–H groups in total. The zero-order valence-electron chi connectivity index (χ0n) is 18.6. The van der Waals surface area contributed by atoms with Crippen molar-refractivity contribution in [2.24, 2.45) is 5.92 Å². The van der Waals surface area contributed by atoms with Gasteiger partial charge in [0, 0.05) is 27.7 Å². The summed E-state index contributed by atoms with van der Waals surface area (Å²) in [7, 11) is 0. The van der Waals surface area contributed by atoms with Gasteiger partial charge in [-0.05, 0) is 13.3 Å². The molecule has 7 atom stereocenters. The van der Waals surface area contributed by atoms with E-state index in [2.05, 4.69) is 0 Å². The Kier molecular flexibility index (Phi) is 8.96. The molecule has 0 aromatic heterocycles. The predicted octanol–water partition coefficient (Wildman–Crippen LogP) is 0.0377. The summed E-state index contributed by atoms with van der Waals surface area (Å²) in [5, 5.41) is 0. The Labute approximate surface area is 184 Å². The number of carbonyl (C=O) groups excluding carboxylic acids is 5. The minimum absolute atomic E-state index is 0.209. The SMILES string of the molecule is CCOC(=O)C1CC1O[C@@H]1O[C@H](COC(C)=O)[C@H](OC(C)=O)[C@H](OC(C)=O)[C@H]1OC(C)=O. The van der Waals surface area contributed by atoms with Crippen LogP contribution in [-0.2, 0) is 57.1 Å². The molecule has 2 aliphatic rings. The van der Waals surface area contributed by atoms with Gasteiger partial charge in [-0.1, -0.05) is 0 Å². The first-order valence-electron chi connectivity index (χ1n) is 10.2.